The Morgan fingerprint density at radius 2 is 1.84 bits per heavy atom. The topological polar surface area (TPSA) is 113 Å². The molecule has 9 nitrogen and oxygen atoms in total. The second-order valence-electron chi connectivity index (χ2n) is 5.47. The number of guanidine groups is 1. The molecule has 9 heteroatoms. The summed E-state index contributed by atoms with van der Waals surface area (Å²) in [5.41, 5.74) is 6.57. The Hall–Kier alpha value is -3.28. The van der Waals surface area contributed by atoms with E-state index in [0.29, 0.717) is 37.7 Å². The average Bonchev–Trinajstić information content (AvgIpc) is 2.66. The van der Waals surface area contributed by atoms with E-state index in [1.807, 2.05) is 17.0 Å². The first kappa shape index (κ1) is 16.6. The summed E-state index contributed by atoms with van der Waals surface area (Å²) in [5.74, 6) is 2.35. The van der Waals surface area contributed by atoms with E-state index in [-0.39, 0.29) is 5.96 Å². The number of aromatic nitrogens is 2. The molecule has 0 radical (unpaired) electrons. The number of aliphatic imine (C=N–C) groups is 1. The molecule has 2 N–H and O–H groups in total. The van der Waals surface area contributed by atoms with Crippen molar-refractivity contribution in [2.24, 2.45) is 10.7 Å². The Bertz CT molecular complexity index is 838. The van der Waals surface area contributed by atoms with Crippen molar-refractivity contribution in [3.63, 3.8) is 0 Å². The van der Waals surface area contributed by atoms with Crippen molar-refractivity contribution in [3.8, 4) is 17.7 Å². The second-order valence-corrected chi connectivity index (χ2v) is 5.47. The Morgan fingerprint density at radius 3 is 2.48 bits per heavy atom. The predicted molar refractivity (Wildman–Crippen MR) is 93.7 cm³/mol. The molecule has 1 fully saturated rings. The van der Waals surface area contributed by atoms with Gasteiger partial charge in [-0.3, -0.25) is 0 Å². The third kappa shape index (κ3) is 3.19. The van der Waals surface area contributed by atoms with Crippen molar-refractivity contribution in [2.45, 2.75) is 0 Å². The van der Waals surface area contributed by atoms with Crippen LogP contribution in [0.5, 0.6) is 11.5 Å². The Labute approximate surface area is 145 Å². The summed E-state index contributed by atoms with van der Waals surface area (Å²) in [7, 11) is 3.20. The Balaban J connectivity index is 1.90. The van der Waals surface area contributed by atoms with Crippen molar-refractivity contribution in [2.75, 3.05) is 45.3 Å². The largest absolute Gasteiger partial charge is 0.493 e. The summed E-state index contributed by atoms with van der Waals surface area (Å²) in [5, 5.41) is 9.51. The smallest absolute Gasteiger partial charge is 0.209 e. The maximum absolute atomic E-state index is 8.61. The standard InChI is InChI=1S/C16H19N7O2/c1-24-13-7-11-12(8-14(13)25-2)20-10-21-15(11)22-3-5-23(6-4-22)16(18)19-9-17/h7-8,10H,3-6H2,1-2H3,(H2,18,19). The molecule has 0 aliphatic carbocycles. The number of hydrogen-bond acceptors (Lipinski definition) is 7. The first-order chi connectivity index (χ1) is 12.2. The lowest BCUT2D eigenvalue weighted by Gasteiger charge is -2.36. The van der Waals surface area contributed by atoms with Crippen LogP contribution in [0.1, 0.15) is 0 Å². The molecule has 1 aliphatic heterocycles. The minimum absolute atomic E-state index is 0.251. The van der Waals surface area contributed by atoms with Gasteiger partial charge in [0.15, 0.2) is 11.5 Å². The van der Waals surface area contributed by atoms with Gasteiger partial charge in [-0.2, -0.15) is 5.26 Å². The van der Waals surface area contributed by atoms with Crippen molar-refractivity contribution in [1.29, 1.82) is 5.26 Å². The van der Waals surface area contributed by atoms with Crippen LogP contribution < -0.4 is 20.1 Å². The van der Waals surface area contributed by atoms with Gasteiger partial charge in [0.25, 0.3) is 0 Å². The van der Waals surface area contributed by atoms with Crippen LogP contribution in [-0.2, 0) is 0 Å². The molecule has 2 heterocycles. The van der Waals surface area contributed by atoms with Gasteiger partial charge in [0.1, 0.15) is 12.1 Å². The average molecular weight is 341 g/mol. The van der Waals surface area contributed by atoms with Gasteiger partial charge in [-0.25, -0.2) is 9.97 Å². The fraction of sp³-hybridized carbons (Fsp3) is 0.375. The molecule has 0 spiro atoms. The molecule has 130 valence electrons. The van der Waals surface area contributed by atoms with Gasteiger partial charge in [-0.1, -0.05) is 0 Å². The zero-order valence-electron chi connectivity index (χ0n) is 14.1. The van der Waals surface area contributed by atoms with E-state index >= 15 is 0 Å². The van der Waals surface area contributed by atoms with Crippen LogP contribution in [-0.4, -0.2) is 61.2 Å². The molecular formula is C16H19N7O2. The quantitative estimate of drug-likeness (QED) is 0.490. The van der Waals surface area contributed by atoms with E-state index in [9.17, 15) is 0 Å². The number of rotatable bonds is 3. The van der Waals surface area contributed by atoms with Gasteiger partial charge in [0.05, 0.1) is 19.7 Å². The number of ether oxygens (including phenoxy) is 2. The molecule has 0 atom stereocenters. The van der Waals surface area contributed by atoms with E-state index in [2.05, 4.69) is 19.9 Å². The number of piperazine rings is 1. The van der Waals surface area contributed by atoms with Crippen LogP contribution in [0.3, 0.4) is 0 Å². The minimum atomic E-state index is 0.251. The van der Waals surface area contributed by atoms with Crippen LogP contribution in [0.25, 0.3) is 10.9 Å². The fourth-order valence-corrected chi connectivity index (χ4v) is 2.89. The van der Waals surface area contributed by atoms with Crippen molar-refractivity contribution < 1.29 is 9.47 Å². The maximum atomic E-state index is 8.61. The summed E-state index contributed by atoms with van der Waals surface area (Å²) in [4.78, 5) is 16.4. The molecule has 2 aromatic rings. The van der Waals surface area contributed by atoms with Gasteiger partial charge < -0.3 is 25.0 Å². The molecule has 1 saturated heterocycles. The highest BCUT2D eigenvalue weighted by Crippen LogP contribution is 2.34. The van der Waals surface area contributed by atoms with Crippen LogP contribution in [0.15, 0.2) is 23.5 Å². The molecular weight excluding hydrogens is 322 g/mol. The van der Waals surface area contributed by atoms with Crippen molar-refractivity contribution in [3.05, 3.63) is 18.5 Å². The van der Waals surface area contributed by atoms with Gasteiger partial charge in [-0.15, -0.1) is 4.99 Å². The maximum Gasteiger partial charge on any atom is 0.209 e. The summed E-state index contributed by atoms with van der Waals surface area (Å²) in [6, 6.07) is 3.73. The summed E-state index contributed by atoms with van der Waals surface area (Å²) in [6.45, 7) is 2.75. The highest BCUT2D eigenvalue weighted by atomic mass is 16.5. The normalized spacial score (nSPS) is 15.2. The van der Waals surface area contributed by atoms with E-state index < -0.39 is 0 Å². The van der Waals surface area contributed by atoms with Gasteiger partial charge in [0.2, 0.25) is 12.2 Å². The Morgan fingerprint density at radius 1 is 1.16 bits per heavy atom. The predicted octanol–water partition coefficient (Wildman–Crippen LogP) is 0.565. The molecule has 1 aromatic carbocycles. The van der Waals surface area contributed by atoms with E-state index in [0.717, 1.165) is 16.7 Å². The molecule has 0 bridgehead atoms. The van der Waals surface area contributed by atoms with E-state index in [1.54, 1.807) is 26.7 Å². The van der Waals surface area contributed by atoms with E-state index in [1.165, 1.54) is 0 Å². The molecule has 3 rings (SSSR count). The highest BCUT2D eigenvalue weighted by molar-refractivity contribution is 5.92. The zero-order chi connectivity index (χ0) is 17.8. The van der Waals surface area contributed by atoms with Gasteiger partial charge in [0, 0.05) is 37.6 Å². The molecule has 0 saturated carbocycles. The third-order valence-electron chi connectivity index (χ3n) is 4.19. The van der Waals surface area contributed by atoms with Crippen LogP contribution in [0.2, 0.25) is 0 Å². The van der Waals surface area contributed by atoms with Crippen LogP contribution in [0.4, 0.5) is 5.82 Å². The number of nitrogens with zero attached hydrogens (tertiary/aromatic N) is 6. The van der Waals surface area contributed by atoms with Gasteiger partial charge in [-0.05, 0) is 6.07 Å². The zero-order valence-corrected chi connectivity index (χ0v) is 14.1. The van der Waals surface area contributed by atoms with Gasteiger partial charge >= 0.3 is 0 Å². The van der Waals surface area contributed by atoms with Crippen molar-refractivity contribution >= 4 is 22.7 Å². The molecule has 1 aliphatic rings. The van der Waals surface area contributed by atoms with Crippen molar-refractivity contribution in [1.82, 2.24) is 14.9 Å². The summed E-state index contributed by atoms with van der Waals surface area (Å²) in [6.07, 6.45) is 3.26. The first-order valence-electron chi connectivity index (χ1n) is 7.76. The monoisotopic (exact) mass is 341 g/mol. The lowest BCUT2D eigenvalue weighted by Crippen LogP contribution is -2.51. The number of anilines is 1. The fourth-order valence-electron chi connectivity index (χ4n) is 2.89. The first-order valence-corrected chi connectivity index (χ1v) is 7.76. The molecule has 1 aromatic heterocycles. The highest BCUT2D eigenvalue weighted by Gasteiger charge is 2.22. The number of fused-ring (bicyclic) bond motifs is 1. The number of methoxy groups -OCH3 is 2. The number of benzene rings is 1. The number of nitrogens with two attached hydrogens (primary N) is 1. The SMILES string of the molecule is COc1cc2ncnc(N3CCN(C(N)=NC#N)CC3)c2cc1OC. The third-order valence-corrected chi connectivity index (χ3v) is 4.19. The number of hydrogen-bond donors (Lipinski definition) is 1. The summed E-state index contributed by atoms with van der Waals surface area (Å²) >= 11 is 0. The van der Waals surface area contributed by atoms with E-state index in [4.69, 9.17) is 20.5 Å². The minimum Gasteiger partial charge on any atom is -0.493 e. The summed E-state index contributed by atoms with van der Waals surface area (Å²) < 4.78 is 10.7. The lowest BCUT2D eigenvalue weighted by molar-refractivity contribution is 0.355. The lowest BCUT2D eigenvalue weighted by atomic mass is 10.2. The van der Waals surface area contributed by atoms with Crippen LogP contribution >= 0.6 is 0 Å². The second kappa shape index (κ2) is 7.09. The molecule has 0 amide bonds. The molecule has 0 unspecified atom stereocenters. The Kier molecular flexibility index (Phi) is 4.70. The number of nitriles is 1. The van der Waals surface area contributed by atoms with Crippen LogP contribution in [0, 0.1) is 11.5 Å². The molecule has 25 heavy (non-hydrogen) atoms.